The quantitative estimate of drug-likeness (QED) is 0.850. The third-order valence-corrected chi connectivity index (χ3v) is 4.01. The molecule has 17 heavy (non-hydrogen) atoms. The summed E-state index contributed by atoms with van der Waals surface area (Å²) in [6.45, 7) is 2.52. The number of nitrogens with one attached hydrogen (secondary N) is 1. The average Bonchev–Trinajstić information content (AvgIpc) is 2.85. The summed E-state index contributed by atoms with van der Waals surface area (Å²) < 4.78 is 0. The monoisotopic (exact) mass is 254 g/mol. The Morgan fingerprint density at radius 2 is 2.47 bits per heavy atom. The third-order valence-electron chi connectivity index (χ3n) is 3.19. The molecule has 2 unspecified atom stereocenters. The fourth-order valence-corrected chi connectivity index (χ4v) is 2.83. The molecule has 0 bridgehead atoms. The van der Waals surface area contributed by atoms with Gasteiger partial charge in [0.25, 0.3) is 0 Å². The topological polar surface area (TPSA) is 62.2 Å². The Labute approximate surface area is 105 Å². The van der Waals surface area contributed by atoms with Crippen molar-refractivity contribution in [2.45, 2.75) is 38.7 Å². The molecule has 1 amide bonds. The van der Waals surface area contributed by atoms with Gasteiger partial charge in [-0.05, 0) is 19.8 Å². The Bertz CT molecular complexity index is 392. The van der Waals surface area contributed by atoms with Crippen LogP contribution < -0.4 is 5.32 Å². The normalized spacial score (nSPS) is 23.9. The van der Waals surface area contributed by atoms with Crippen LogP contribution in [-0.4, -0.2) is 28.6 Å². The highest BCUT2D eigenvalue weighted by atomic mass is 32.1. The van der Waals surface area contributed by atoms with Crippen LogP contribution in [0.15, 0.2) is 5.38 Å². The highest BCUT2D eigenvalue weighted by molar-refractivity contribution is 7.09. The molecule has 0 aliphatic heterocycles. The van der Waals surface area contributed by atoms with E-state index in [1.54, 1.807) is 11.3 Å². The molecule has 1 aliphatic carbocycles. The van der Waals surface area contributed by atoms with Gasteiger partial charge in [0.1, 0.15) is 0 Å². The molecule has 0 spiro atoms. The number of nitrogens with zero attached hydrogens (tertiary/aromatic N) is 1. The van der Waals surface area contributed by atoms with Crippen molar-refractivity contribution in [3.8, 4) is 0 Å². The Morgan fingerprint density at radius 3 is 3.06 bits per heavy atom. The molecular weight excluding hydrogens is 236 g/mol. The van der Waals surface area contributed by atoms with E-state index in [0.717, 1.165) is 30.0 Å². The van der Waals surface area contributed by atoms with Gasteiger partial charge in [0.2, 0.25) is 5.91 Å². The standard InChI is InChI=1S/C12H18N2O2S/c1-8-14-10(7-17-8)5-12(16)13-6-9-3-2-4-11(9)15/h7,9,11,15H,2-6H2,1H3,(H,13,16). The van der Waals surface area contributed by atoms with Gasteiger partial charge in [0.15, 0.2) is 0 Å². The highest BCUT2D eigenvalue weighted by Crippen LogP contribution is 2.24. The third kappa shape index (κ3) is 3.51. The van der Waals surface area contributed by atoms with Gasteiger partial charge in [-0.25, -0.2) is 4.98 Å². The van der Waals surface area contributed by atoms with E-state index in [2.05, 4.69) is 10.3 Å². The molecule has 1 fully saturated rings. The first-order valence-corrected chi connectivity index (χ1v) is 6.89. The van der Waals surface area contributed by atoms with Crippen LogP contribution in [0.4, 0.5) is 0 Å². The fraction of sp³-hybridized carbons (Fsp3) is 0.667. The maximum Gasteiger partial charge on any atom is 0.226 e. The summed E-state index contributed by atoms with van der Waals surface area (Å²) in [5.74, 6) is 0.227. The highest BCUT2D eigenvalue weighted by Gasteiger charge is 2.25. The molecule has 94 valence electrons. The lowest BCUT2D eigenvalue weighted by molar-refractivity contribution is -0.120. The predicted octanol–water partition coefficient (Wildman–Crippen LogP) is 1.27. The van der Waals surface area contributed by atoms with Gasteiger partial charge in [-0.3, -0.25) is 4.79 Å². The SMILES string of the molecule is Cc1nc(CC(=O)NCC2CCCC2O)cs1. The minimum absolute atomic E-state index is 0.00519. The second kappa shape index (κ2) is 5.60. The molecule has 0 aromatic carbocycles. The van der Waals surface area contributed by atoms with Crippen molar-refractivity contribution in [2.75, 3.05) is 6.54 Å². The lowest BCUT2D eigenvalue weighted by atomic mass is 10.1. The Kier molecular flexibility index (Phi) is 4.12. The summed E-state index contributed by atoms with van der Waals surface area (Å²) in [6, 6.07) is 0. The Hall–Kier alpha value is -0.940. The molecule has 1 aromatic heterocycles. The molecule has 4 nitrogen and oxygen atoms in total. The van der Waals surface area contributed by atoms with E-state index in [9.17, 15) is 9.90 Å². The summed E-state index contributed by atoms with van der Waals surface area (Å²) >= 11 is 1.56. The molecule has 5 heteroatoms. The zero-order valence-corrected chi connectivity index (χ0v) is 10.8. The first kappa shape index (κ1) is 12.5. The van der Waals surface area contributed by atoms with Crippen LogP contribution in [-0.2, 0) is 11.2 Å². The summed E-state index contributed by atoms with van der Waals surface area (Å²) in [5, 5.41) is 15.4. The number of aromatic nitrogens is 1. The number of aryl methyl sites for hydroxylation is 1. The molecule has 1 saturated carbocycles. The molecule has 2 rings (SSSR count). The van der Waals surface area contributed by atoms with Crippen LogP contribution in [0.3, 0.4) is 0 Å². The molecule has 0 radical (unpaired) electrons. The van der Waals surface area contributed by atoms with E-state index >= 15 is 0 Å². The average molecular weight is 254 g/mol. The Balaban J connectivity index is 1.74. The Morgan fingerprint density at radius 1 is 1.65 bits per heavy atom. The molecule has 1 aromatic rings. The number of thiazole rings is 1. The summed E-state index contributed by atoms with van der Waals surface area (Å²) in [7, 11) is 0. The van der Waals surface area contributed by atoms with Gasteiger partial charge in [0, 0.05) is 17.8 Å². The smallest absolute Gasteiger partial charge is 0.226 e. The van der Waals surface area contributed by atoms with E-state index in [4.69, 9.17) is 0 Å². The number of rotatable bonds is 4. The van der Waals surface area contributed by atoms with Crippen LogP contribution in [0.1, 0.15) is 30.0 Å². The molecule has 0 saturated heterocycles. The second-order valence-corrected chi connectivity index (χ2v) is 5.66. The number of aliphatic hydroxyl groups is 1. The van der Waals surface area contributed by atoms with E-state index in [-0.39, 0.29) is 17.9 Å². The summed E-state index contributed by atoms with van der Waals surface area (Å²) in [4.78, 5) is 15.9. The molecule has 2 atom stereocenters. The minimum Gasteiger partial charge on any atom is -0.393 e. The number of aliphatic hydroxyl groups excluding tert-OH is 1. The summed E-state index contributed by atoms with van der Waals surface area (Å²) in [6.07, 6.45) is 3.04. The zero-order chi connectivity index (χ0) is 12.3. The lowest BCUT2D eigenvalue weighted by Gasteiger charge is -2.14. The van der Waals surface area contributed by atoms with Crippen LogP contribution in [0.5, 0.6) is 0 Å². The van der Waals surface area contributed by atoms with Gasteiger partial charge in [-0.1, -0.05) is 6.42 Å². The number of carbonyl (C=O) groups is 1. The molecular formula is C12H18N2O2S. The van der Waals surface area contributed by atoms with Crippen molar-refractivity contribution in [3.63, 3.8) is 0 Å². The predicted molar refractivity (Wildman–Crippen MR) is 66.9 cm³/mol. The van der Waals surface area contributed by atoms with Crippen LogP contribution >= 0.6 is 11.3 Å². The van der Waals surface area contributed by atoms with Crippen molar-refractivity contribution in [3.05, 3.63) is 16.1 Å². The lowest BCUT2D eigenvalue weighted by Crippen LogP contribution is -2.33. The van der Waals surface area contributed by atoms with Crippen molar-refractivity contribution < 1.29 is 9.90 Å². The van der Waals surface area contributed by atoms with E-state index in [1.807, 2.05) is 12.3 Å². The molecule has 1 aliphatic rings. The van der Waals surface area contributed by atoms with Gasteiger partial charge < -0.3 is 10.4 Å². The summed E-state index contributed by atoms with van der Waals surface area (Å²) in [5.41, 5.74) is 0.831. The van der Waals surface area contributed by atoms with Crippen molar-refractivity contribution >= 4 is 17.2 Å². The van der Waals surface area contributed by atoms with E-state index in [1.165, 1.54) is 0 Å². The molecule has 1 heterocycles. The van der Waals surface area contributed by atoms with E-state index in [0.29, 0.717) is 13.0 Å². The number of amides is 1. The maximum absolute atomic E-state index is 11.7. The van der Waals surface area contributed by atoms with Gasteiger partial charge in [0.05, 0.1) is 23.2 Å². The van der Waals surface area contributed by atoms with Gasteiger partial charge in [-0.15, -0.1) is 11.3 Å². The van der Waals surface area contributed by atoms with Crippen molar-refractivity contribution in [2.24, 2.45) is 5.92 Å². The van der Waals surface area contributed by atoms with Crippen LogP contribution in [0, 0.1) is 12.8 Å². The number of hydrogen-bond acceptors (Lipinski definition) is 4. The molecule has 2 N–H and O–H groups in total. The van der Waals surface area contributed by atoms with Crippen LogP contribution in [0.25, 0.3) is 0 Å². The van der Waals surface area contributed by atoms with Gasteiger partial charge in [-0.2, -0.15) is 0 Å². The number of hydrogen-bond donors (Lipinski definition) is 2. The number of carbonyl (C=O) groups excluding carboxylic acids is 1. The van der Waals surface area contributed by atoms with Gasteiger partial charge >= 0.3 is 0 Å². The largest absolute Gasteiger partial charge is 0.393 e. The maximum atomic E-state index is 11.7. The van der Waals surface area contributed by atoms with Crippen LogP contribution in [0.2, 0.25) is 0 Å². The second-order valence-electron chi connectivity index (χ2n) is 4.60. The van der Waals surface area contributed by atoms with Crippen molar-refractivity contribution in [1.82, 2.24) is 10.3 Å². The van der Waals surface area contributed by atoms with E-state index < -0.39 is 0 Å². The van der Waals surface area contributed by atoms with Crippen molar-refractivity contribution in [1.29, 1.82) is 0 Å². The first-order valence-electron chi connectivity index (χ1n) is 6.01. The zero-order valence-electron chi connectivity index (χ0n) is 9.98. The minimum atomic E-state index is -0.239. The first-order chi connectivity index (χ1) is 8.15. The fourth-order valence-electron chi connectivity index (χ4n) is 2.22.